The van der Waals surface area contributed by atoms with E-state index in [0.717, 1.165) is 39.0 Å². The maximum absolute atomic E-state index is 11.8. The van der Waals surface area contributed by atoms with Crippen LogP contribution in [-0.2, 0) is 9.59 Å². The lowest BCUT2D eigenvalue weighted by Crippen LogP contribution is -2.47. The Balaban J connectivity index is 2.25. The summed E-state index contributed by atoms with van der Waals surface area (Å²) < 4.78 is 0. The van der Waals surface area contributed by atoms with Crippen LogP contribution in [0.2, 0.25) is 0 Å². The summed E-state index contributed by atoms with van der Waals surface area (Å²) in [6.45, 7) is 9.13. The maximum Gasteiger partial charge on any atom is 0.236 e. The molecule has 5 nitrogen and oxygen atoms in total. The lowest BCUT2D eigenvalue weighted by molar-refractivity contribution is -0.131. The van der Waals surface area contributed by atoms with Crippen molar-refractivity contribution in [2.24, 2.45) is 0 Å². The van der Waals surface area contributed by atoms with Gasteiger partial charge in [-0.15, -0.1) is 0 Å². The molecule has 0 atom stereocenters. The first-order valence-electron chi connectivity index (χ1n) is 6.85. The number of carbonyl (C=O) groups excluding carboxylic acids is 2. The van der Waals surface area contributed by atoms with Crippen molar-refractivity contribution in [2.45, 2.75) is 39.7 Å². The van der Waals surface area contributed by atoms with E-state index in [1.807, 2.05) is 23.6 Å². The molecule has 1 rings (SSSR count). The van der Waals surface area contributed by atoms with Gasteiger partial charge in [0.05, 0.1) is 6.54 Å². The summed E-state index contributed by atoms with van der Waals surface area (Å²) in [5.74, 6) is 0.307. The first-order valence-corrected chi connectivity index (χ1v) is 6.85. The third kappa shape index (κ3) is 4.29. The fourth-order valence-electron chi connectivity index (χ4n) is 2.32. The molecule has 104 valence electrons. The predicted molar refractivity (Wildman–Crippen MR) is 71.2 cm³/mol. The van der Waals surface area contributed by atoms with Crippen molar-refractivity contribution in [2.75, 3.05) is 32.7 Å². The van der Waals surface area contributed by atoms with E-state index in [2.05, 4.69) is 5.32 Å². The Kier molecular flexibility index (Phi) is 6.12. The minimum atomic E-state index is 0.146. The molecule has 0 aromatic carbocycles. The highest BCUT2D eigenvalue weighted by Gasteiger charge is 2.21. The van der Waals surface area contributed by atoms with E-state index >= 15 is 0 Å². The van der Waals surface area contributed by atoms with E-state index in [1.54, 1.807) is 6.92 Å². The average molecular weight is 255 g/mol. The van der Waals surface area contributed by atoms with Crippen molar-refractivity contribution in [1.29, 1.82) is 0 Å². The van der Waals surface area contributed by atoms with Crippen molar-refractivity contribution < 1.29 is 9.59 Å². The van der Waals surface area contributed by atoms with E-state index in [4.69, 9.17) is 0 Å². The minimum absolute atomic E-state index is 0.146. The van der Waals surface area contributed by atoms with Crippen LogP contribution in [0.4, 0.5) is 0 Å². The second-order valence-electron chi connectivity index (χ2n) is 4.73. The van der Waals surface area contributed by atoms with Gasteiger partial charge >= 0.3 is 0 Å². The van der Waals surface area contributed by atoms with E-state index in [1.165, 1.54) is 0 Å². The highest BCUT2D eigenvalue weighted by atomic mass is 16.2. The highest BCUT2D eigenvalue weighted by Crippen LogP contribution is 2.10. The van der Waals surface area contributed by atoms with Crippen LogP contribution in [-0.4, -0.2) is 60.4 Å². The zero-order valence-corrected chi connectivity index (χ0v) is 11.7. The molecule has 0 aliphatic carbocycles. The van der Waals surface area contributed by atoms with Gasteiger partial charge in [0, 0.05) is 39.1 Å². The summed E-state index contributed by atoms with van der Waals surface area (Å²) in [7, 11) is 0. The number of likely N-dealkylation sites (N-methyl/N-ethyl adjacent to an activating group) is 1. The molecule has 0 radical (unpaired) electrons. The van der Waals surface area contributed by atoms with Crippen LogP contribution in [0.3, 0.4) is 0 Å². The molecule has 18 heavy (non-hydrogen) atoms. The number of hydrogen-bond donors (Lipinski definition) is 1. The van der Waals surface area contributed by atoms with Crippen LogP contribution >= 0.6 is 0 Å². The Morgan fingerprint density at radius 1 is 1.22 bits per heavy atom. The summed E-state index contributed by atoms with van der Waals surface area (Å²) in [6, 6.07) is 0.361. The van der Waals surface area contributed by atoms with Gasteiger partial charge in [-0.1, -0.05) is 0 Å². The molecule has 0 aromatic heterocycles. The summed E-state index contributed by atoms with van der Waals surface area (Å²) in [4.78, 5) is 26.7. The van der Waals surface area contributed by atoms with Crippen LogP contribution in [0.1, 0.15) is 33.6 Å². The molecule has 1 fully saturated rings. The minimum Gasteiger partial charge on any atom is -0.343 e. The van der Waals surface area contributed by atoms with E-state index in [9.17, 15) is 9.59 Å². The largest absolute Gasteiger partial charge is 0.343 e. The van der Waals surface area contributed by atoms with Crippen LogP contribution < -0.4 is 5.32 Å². The number of amides is 2. The number of nitrogens with zero attached hydrogens (tertiary/aromatic N) is 2. The summed E-state index contributed by atoms with van der Waals surface area (Å²) in [5, 5.41) is 3.30. The van der Waals surface area contributed by atoms with Crippen molar-refractivity contribution >= 4 is 11.8 Å². The van der Waals surface area contributed by atoms with Crippen molar-refractivity contribution in [3.05, 3.63) is 0 Å². The van der Waals surface area contributed by atoms with Gasteiger partial charge in [0.15, 0.2) is 0 Å². The molecule has 0 aromatic rings. The molecule has 0 unspecified atom stereocenters. The zero-order valence-electron chi connectivity index (χ0n) is 11.7. The Bertz CT molecular complexity index is 282. The van der Waals surface area contributed by atoms with Crippen LogP contribution in [0, 0.1) is 0 Å². The molecule has 1 aliphatic rings. The third-order valence-electron chi connectivity index (χ3n) is 3.60. The number of carbonyl (C=O) groups is 2. The number of nitrogens with one attached hydrogen (secondary N) is 1. The number of likely N-dealkylation sites (tertiary alicyclic amines) is 1. The van der Waals surface area contributed by atoms with Gasteiger partial charge in [-0.3, -0.25) is 9.59 Å². The van der Waals surface area contributed by atoms with Crippen LogP contribution in [0.5, 0.6) is 0 Å². The first kappa shape index (κ1) is 15.0. The topological polar surface area (TPSA) is 52.7 Å². The Morgan fingerprint density at radius 2 is 1.78 bits per heavy atom. The lowest BCUT2D eigenvalue weighted by Gasteiger charge is -2.32. The fraction of sp³-hybridized carbons (Fsp3) is 0.846. The first-order chi connectivity index (χ1) is 8.58. The van der Waals surface area contributed by atoms with Gasteiger partial charge < -0.3 is 15.1 Å². The summed E-state index contributed by atoms with van der Waals surface area (Å²) >= 11 is 0. The van der Waals surface area contributed by atoms with Gasteiger partial charge in [0.1, 0.15) is 0 Å². The lowest BCUT2D eigenvalue weighted by atomic mass is 10.1. The van der Waals surface area contributed by atoms with Gasteiger partial charge in [0.2, 0.25) is 11.8 Å². The monoisotopic (exact) mass is 255 g/mol. The molecule has 0 saturated carbocycles. The molecular weight excluding hydrogens is 230 g/mol. The van der Waals surface area contributed by atoms with E-state index in [0.29, 0.717) is 12.6 Å². The van der Waals surface area contributed by atoms with E-state index in [-0.39, 0.29) is 11.8 Å². The average Bonchev–Trinajstić information content (AvgIpc) is 2.38. The molecule has 1 heterocycles. The van der Waals surface area contributed by atoms with Crippen molar-refractivity contribution in [3.63, 3.8) is 0 Å². The number of piperidine rings is 1. The van der Waals surface area contributed by atoms with Crippen molar-refractivity contribution in [1.82, 2.24) is 15.1 Å². The molecule has 1 aliphatic heterocycles. The second-order valence-corrected chi connectivity index (χ2v) is 4.73. The van der Waals surface area contributed by atoms with Crippen LogP contribution in [0.15, 0.2) is 0 Å². The quantitative estimate of drug-likeness (QED) is 0.776. The highest BCUT2D eigenvalue weighted by molar-refractivity contribution is 5.78. The van der Waals surface area contributed by atoms with Crippen LogP contribution in [0.25, 0.3) is 0 Å². The molecular formula is C13H25N3O2. The molecule has 1 saturated heterocycles. The standard InChI is InChI=1S/C13H25N3O2/c1-4-15(5-2)13(18)10-14-12-6-8-16(9-7-12)11(3)17/h12,14H,4-10H2,1-3H3. The Hall–Kier alpha value is -1.10. The smallest absolute Gasteiger partial charge is 0.236 e. The Morgan fingerprint density at radius 3 is 2.22 bits per heavy atom. The third-order valence-corrected chi connectivity index (χ3v) is 3.60. The summed E-state index contributed by atoms with van der Waals surface area (Å²) in [6.07, 6.45) is 1.87. The maximum atomic E-state index is 11.8. The summed E-state index contributed by atoms with van der Waals surface area (Å²) in [5.41, 5.74) is 0. The van der Waals surface area contributed by atoms with Crippen molar-refractivity contribution in [3.8, 4) is 0 Å². The predicted octanol–water partition coefficient (Wildman–Crippen LogP) is 0.455. The molecule has 0 spiro atoms. The zero-order chi connectivity index (χ0) is 13.5. The molecule has 5 heteroatoms. The molecule has 2 amide bonds. The Labute approximate surface area is 110 Å². The fourth-order valence-corrected chi connectivity index (χ4v) is 2.32. The second kappa shape index (κ2) is 7.36. The normalized spacial score (nSPS) is 16.7. The molecule has 1 N–H and O–H groups in total. The van der Waals surface area contributed by atoms with Gasteiger partial charge in [-0.25, -0.2) is 0 Å². The number of rotatable bonds is 5. The van der Waals surface area contributed by atoms with Gasteiger partial charge in [0.25, 0.3) is 0 Å². The van der Waals surface area contributed by atoms with Gasteiger partial charge in [-0.2, -0.15) is 0 Å². The van der Waals surface area contributed by atoms with E-state index < -0.39 is 0 Å². The molecule has 0 bridgehead atoms. The van der Waals surface area contributed by atoms with Gasteiger partial charge in [-0.05, 0) is 26.7 Å². The number of hydrogen-bond acceptors (Lipinski definition) is 3. The SMILES string of the molecule is CCN(CC)C(=O)CNC1CCN(C(C)=O)CC1.